The van der Waals surface area contributed by atoms with Crippen molar-refractivity contribution in [3.05, 3.63) is 42.0 Å². The maximum absolute atomic E-state index is 10.9. The van der Waals surface area contributed by atoms with Gasteiger partial charge in [-0.3, -0.25) is 4.39 Å². The Hall–Kier alpha value is 7.56. The molecular weight excluding hydrogens is 1020 g/mol. The van der Waals surface area contributed by atoms with Crippen LogP contribution in [0.25, 0.3) is 0 Å². The van der Waals surface area contributed by atoms with E-state index in [9.17, 15) is 9.50 Å². The Labute approximate surface area is 415 Å². The van der Waals surface area contributed by atoms with Gasteiger partial charge in [0.1, 0.15) is 14.1 Å². The summed E-state index contributed by atoms with van der Waals surface area (Å²) in [4.78, 5) is 0. The van der Waals surface area contributed by atoms with Crippen LogP contribution >= 0.6 is 0 Å². The number of aliphatic hydroxyl groups excluding tert-OH is 1. The maximum atomic E-state index is 10.9. The first-order chi connectivity index (χ1) is 14.2. The molecule has 13 heteroatoms. The number of hydrogen-bond acceptors (Lipinski definition) is 4. The molecule has 0 amide bonds. The molecule has 0 saturated carbocycles. The molecule has 2 aliphatic rings. The minimum atomic E-state index is -0.917. The number of aliphatic hydroxyl groups is 1. The van der Waals surface area contributed by atoms with E-state index in [-0.39, 0.29) is 273 Å². The van der Waals surface area contributed by atoms with Crippen molar-refractivity contribution < 1.29 is 254 Å². The number of halogens is 1. The fourth-order valence-corrected chi connectivity index (χ4v) is 3.21. The molecular formula is C25H46BFO4Y7-6. The first kappa shape index (κ1) is 64.1. The summed E-state index contributed by atoms with van der Waals surface area (Å²) < 4.78 is 36.6. The van der Waals surface area contributed by atoms with E-state index >= 15 is 0 Å². The molecule has 2 rings (SSSR count). The van der Waals surface area contributed by atoms with Gasteiger partial charge in [0.25, 0.3) is 0 Å². The van der Waals surface area contributed by atoms with Crippen LogP contribution in [-0.4, -0.2) is 56.3 Å². The summed E-state index contributed by atoms with van der Waals surface area (Å²) in [7, 11) is 5.93. The second kappa shape index (κ2) is 39.0. The van der Waals surface area contributed by atoms with Crippen molar-refractivity contribution >= 4 is 7.85 Å². The predicted molar refractivity (Wildman–Crippen MR) is 128 cm³/mol. The molecule has 0 aliphatic carbocycles. The molecule has 0 aromatic heterocycles. The van der Waals surface area contributed by atoms with E-state index in [1.165, 1.54) is 6.92 Å². The fourth-order valence-electron chi connectivity index (χ4n) is 3.21. The number of hydrogen-bond donors (Lipinski definition) is 1. The minimum Gasteiger partial charge on any atom is -0.395 e. The summed E-state index contributed by atoms with van der Waals surface area (Å²) in [6, 6.07) is -0.489. The first-order valence-corrected chi connectivity index (χ1v) is 10.8. The second-order valence-corrected chi connectivity index (χ2v) is 8.54. The van der Waals surface area contributed by atoms with Crippen molar-refractivity contribution in [1.29, 1.82) is 0 Å². The summed E-state index contributed by atoms with van der Waals surface area (Å²) >= 11 is 0. The summed E-state index contributed by atoms with van der Waals surface area (Å²) in [5.74, 6) is -0.0820. The zero-order chi connectivity index (χ0) is 24.5. The SMILES string of the molecule is [2H][C@@H]1C(CO[C@@H]2OC(CC)[C@@H](C)[C@H](O)C2[CH2-])O[C@H]([B])C([CH2-])[C@H]1C.[CH2-]C([CH2-])C.[CH2-][C@@H](C)F.[CH3-].[Y].[Y].[Y].[Y].[Y].[Y].[Y]. The normalized spacial score (nSPS) is 33.9. The summed E-state index contributed by atoms with van der Waals surface area (Å²) in [6.45, 7) is 27.5. The Morgan fingerprint density at radius 1 is 1.00 bits per heavy atom. The summed E-state index contributed by atoms with van der Waals surface area (Å²) in [6.07, 6.45) is -2.20. The standard InChI is InChI=1S/C17H29BO4.C4H8.C3H6F.CH3.7Y/c1-6-14-11(4)15(19)12(5)17(22-14)20-8-13-7-9(2)10(3)16(18)21-13;1-4(2)3;1-3(2)4;;;;;;;;/h9-17,19H,3,5-8H2,1-2,4H3;4H,1-2H2,3H3;3H,1H2,2H3;1H3;;;;;;;/q2*-2;2*-1;;;;;;;/t9-,10?,11+,12?,13?,14?,15-,16-,17+;;3-;;;;;;;;/m0.0......../s1/i7D;;;;;;;;;;/t7-,9-,10?,11+,12?,13?,14?,15-,16-,17+;;;;;;;;;;. The van der Waals surface area contributed by atoms with Crippen LogP contribution in [-0.2, 0) is 243 Å². The van der Waals surface area contributed by atoms with Crippen LogP contribution < -0.4 is 0 Å². The summed E-state index contributed by atoms with van der Waals surface area (Å²) in [5, 5.41) is 10.3. The Morgan fingerprint density at radius 3 is 1.76 bits per heavy atom. The zero-order valence-electron chi connectivity index (χ0n) is 25.5. The molecule has 0 aromatic rings. The van der Waals surface area contributed by atoms with Crippen LogP contribution in [0.3, 0.4) is 0 Å². The van der Waals surface area contributed by atoms with Gasteiger partial charge in [-0.25, -0.2) is 0 Å². The van der Waals surface area contributed by atoms with Crippen molar-refractivity contribution in [3.63, 3.8) is 0 Å². The van der Waals surface area contributed by atoms with Gasteiger partial charge in [-0.15, -0.1) is 12.8 Å². The number of ether oxygens (including phenoxy) is 3. The molecule has 2 aliphatic heterocycles. The monoisotopic (exact) mass is 1060 g/mol. The molecule has 0 bridgehead atoms. The molecule has 0 spiro atoms. The van der Waals surface area contributed by atoms with E-state index in [4.69, 9.17) is 23.4 Å². The van der Waals surface area contributed by atoms with Crippen LogP contribution in [0.4, 0.5) is 4.39 Å². The van der Waals surface area contributed by atoms with Gasteiger partial charge >= 0.3 is 0 Å². The van der Waals surface area contributed by atoms with Crippen LogP contribution in [0, 0.1) is 71.6 Å². The van der Waals surface area contributed by atoms with Gasteiger partial charge in [0, 0.05) is 242 Å². The summed E-state index contributed by atoms with van der Waals surface area (Å²) in [5.41, 5.74) is 0. The fraction of sp³-hybridized carbons (Fsp3) is 0.760. The largest absolute Gasteiger partial charge is 0.395 e. The van der Waals surface area contributed by atoms with Gasteiger partial charge < -0.3 is 67.3 Å². The molecule has 2 heterocycles. The van der Waals surface area contributed by atoms with Crippen molar-refractivity contribution in [3.8, 4) is 0 Å². The van der Waals surface area contributed by atoms with Crippen LogP contribution in [0.5, 0.6) is 0 Å². The van der Waals surface area contributed by atoms with Gasteiger partial charge in [-0.2, -0.15) is 0 Å². The topological polar surface area (TPSA) is 47.9 Å². The molecule has 4 unspecified atom stereocenters. The molecule has 4 nitrogen and oxygen atoms in total. The second-order valence-electron chi connectivity index (χ2n) is 8.54. The zero-order valence-corrected chi connectivity index (χ0v) is 44.4. The molecule has 38 heavy (non-hydrogen) atoms. The van der Waals surface area contributed by atoms with Crippen molar-refractivity contribution in [2.45, 2.75) is 84.2 Å². The minimum absolute atomic E-state index is 0. The van der Waals surface area contributed by atoms with E-state index < -0.39 is 37.1 Å². The van der Waals surface area contributed by atoms with E-state index in [2.05, 4.69) is 34.6 Å². The molecule has 1 N–H and O–H groups in total. The molecule has 2 saturated heterocycles. The van der Waals surface area contributed by atoms with Crippen LogP contribution in [0.1, 0.15) is 48.8 Å². The molecule has 9 radical (unpaired) electrons. The third-order valence-electron chi connectivity index (χ3n) is 5.00. The van der Waals surface area contributed by atoms with Crippen molar-refractivity contribution in [1.82, 2.24) is 0 Å². The third kappa shape index (κ3) is 30.9. The van der Waals surface area contributed by atoms with E-state index in [0.29, 0.717) is 5.92 Å². The predicted octanol–water partition coefficient (Wildman–Crippen LogP) is 4.86. The molecule has 2 fully saturated rings. The Balaban J connectivity index is -0.0000000716. The average molecular weight is 1060 g/mol. The van der Waals surface area contributed by atoms with Gasteiger partial charge in [-0.05, 0) is 25.0 Å². The van der Waals surface area contributed by atoms with Crippen LogP contribution in [0.15, 0.2) is 0 Å². The quantitative estimate of drug-likeness (QED) is 0.324. The van der Waals surface area contributed by atoms with Gasteiger partial charge in [0.2, 0.25) is 0 Å². The number of rotatable bonds is 4. The van der Waals surface area contributed by atoms with Crippen molar-refractivity contribution in [2.75, 3.05) is 6.61 Å². The van der Waals surface area contributed by atoms with E-state index in [0.717, 1.165) is 6.42 Å². The first-order valence-electron chi connectivity index (χ1n) is 11.4. The Kier molecular flexibility index (Phi) is 65.8. The molecule has 11 atom stereocenters. The smallest absolute Gasteiger partial charge is 0.136 e. The van der Waals surface area contributed by atoms with Crippen molar-refractivity contribution in [2.24, 2.45) is 29.6 Å². The molecule has 207 valence electrons. The van der Waals surface area contributed by atoms with Gasteiger partial charge in [0.05, 0.1) is 18.8 Å². The average Bonchev–Trinajstić information content (AvgIpc) is 2.66. The van der Waals surface area contributed by atoms with Crippen LogP contribution in [0.2, 0.25) is 0 Å². The van der Waals surface area contributed by atoms with E-state index in [1.807, 2.05) is 27.7 Å². The van der Waals surface area contributed by atoms with Gasteiger partial charge in [0.15, 0.2) is 0 Å². The third-order valence-corrected chi connectivity index (χ3v) is 5.00. The number of alkyl halides is 1. The Morgan fingerprint density at radius 2 is 1.39 bits per heavy atom. The maximum Gasteiger partial charge on any atom is 0.136 e. The van der Waals surface area contributed by atoms with Gasteiger partial charge in [-0.1, -0.05) is 39.5 Å². The van der Waals surface area contributed by atoms with E-state index in [1.54, 1.807) is 0 Å². The molecule has 0 aromatic carbocycles. The Bertz CT molecular complexity index is 484.